The zero-order valence-corrected chi connectivity index (χ0v) is 19.2. The summed E-state index contributed by atoms with van der Waals surface area (Å²) in [6, 6.07) is 22.1. The van der Waals surface area contributed by atoms with E-state index < -0.39 is 5.97 Å². The number of nitriles is 1. The normalized spacial score (nSPS) is 14.6. The van der Waals surface area contributed by atoms with Gasteiger partial charge in [-0.05, 0) is 49.2 Å². The van der Waals surface area contributed by atoms with Crippen LogP contribution in [-0.2, 0) is 0 Å². The number of allylic oxidation sites excluding steroid dienone is 1. The highest BCUT2D eigenvalue weighted by atomic mass is 16.5. The summed E-state index contributed by atoms with van der Waals surface area (Å²) in [7, 11) is 0. The fraction of sp³-hybridized carbons (Fsp3) is 0.214. The van der Waals surface area contributed by atoms with Crippen molar-refractivity contribution in [3.05, 3.63) is 100 Å². The van der Waals surface area contributed by atoms with E-state index in [1.807, 2.05) is 31.2 Å². The van der Waals surface area contributed by atoms with Gasteiger partial charge in [0, 0.05) is 11.6 Å². The molecule has 3 aromatic rings. The first-order valence-electron chi connectivity index (χ1n) is 11.2. The van der Waals surface area contributed by atoms with E-state index in [0.717, 1.165) is 29.5 Å². The zero-order valence-electron chi connectivity index (χ0n) is 19.2. The van der Waals surface area contributed by atoms with Crippen molar-refractivity contribution in [2.24, 2.45) is 5.73 Å². The van der Waals surface area contributed by atoms with E-state index >= 15 is 0 Å². The number of carbonyl (C=O) groups excluding carboxylic acids is 1. The molecule has 0 saturated heterocycles. The van der Waals surface area contributed by atoms with Crippen molar-refractivity contribution in [1.29, 1.82) is 5.26 Å². The van der Waals surface area contributed by atoms with E-state index in [1.165, 1.54) is 0 Å². The Bertz CT molecular complexity index is 1260. The van der Waals surface area contributed by atoms with E-state index in [9.17, 15) is 10.1 Å². The number of hydrogen-bond acceptors (Lipinski definition) is 6. The minimum absolute atomic E-state index is 0.0442. The maximum absolute atomic E-state index is 12.7. The van der Waals surface area contributed by atoms with Gasteiger partial charge in [0.25, 0.3) is 0 Å². The lowest BCUT2D eigenvalue weighted by Gasteiger charge is -2.26. The summed E-state index contributed by atoms with van der Waals surface area (Å²) in [4.78, 5) is 12.7. The number of esters is 1. The summed E-state index contributed by atoms with van der Waals surface area (Å²) in [5, 5.41) is 9.71. The van der Waals surface area contributed by atoms with Gasteiger partial charge in [0.1, 0.15) is 28.9 Å². The molecule has 0 spiro atoms. The fourth-order valence-corrected chi connectivity index (χ4v) is 3.79. The van der Waals surface area contributed by atoms with Crippen LogP contribution in [0.25, 0.3) is 0 Å². The predicted molar refractivity (Wildman–Crippen MR) is 129 cm³/mol. The second-order valence-corrected chi connectivity index (χ2v) is 8.15. The van der Waals surface area contributed by atoms with Gasteiger partial charge < -0.3 is 19.9 Å². The average molecular weight is 455 g/mol. The van der Waals surface area contributed by atoms with Crippen LogP contribution >= 0.6 is 0 Å². The van der Waals surface area contributed by atoms with E-state index in [0.29, 0.717) is 35.0 Å². The number of carbonyl (C=O) groups is 1. The summed E-state index contributed by atoms with van der Waals surface area (Å²) in [6.07, 6.45) is 2.03. The molecule has 4 rings (SSSR count). The highest BCUT2D eigenvalue weighted by Crippen LogP contribution is 2.43. The van der Waals surface area contributed by atoms with Crippen LogP contribution in [0.3, 0.4) is 0 Å². The third-order valence-electron chi connectivity index (χ3n) is 5.67. The Morgan fingerprint density at radius 1 is 1.06 bits per heavy atom. The number of ether oxygens (including phenoxy) is 3. The van der Waals surface area contributed by atoms with E-state index in [1.54, 1.807) is 42.5 Å². The van der Waals surface area contributed by atoms with E-state index in [2.05, 4.69) is 13.0 Å². The first kappa shape index (κ1) is 22.9. The molecule has 1 aliphatic rings. The minimum atomic E-state index is -0.493. The summed E-state index contributed by atoms with van der Waals surface area (Å²) < 4.78 is 16.9. The van der Waals surface area contributed by atoms with Crippen molar-refractivity contribution in [2.75, 3.05) is 6.61 Å². The van der Waals surface area contributed by atoms with Crippen LogP contribution in [0.4, 0.5) is 0 Å². The smallest absolute Gasteiger partial charge is 0.343 e. The highest BCUT2D eigenvalue weighted by molar-refractivity contribution is 5.91. The summed E-state index contributed by atoms with van der Waals surface area (Å²) in [5.41, 5.74) is 9.67. The van der Waals surface area contributed by atoms with Crippen LogP contribution in [0.15, 0.2) is 78.2 Å². The Hall–Kier alpha value is -4.24. The SMILES string of the molecule is CCCCOc1ccc(C(=O)Oc2ccc3c(c2)OC(N)=C(C#N)C3c2ccc(C)cc2)cc1. The Balaban J connectivity index is 1.55. The molecule has 6 heteroatoms. The van der Waals surface area contributed by atoms with Crippen molar-refractivity contribution >= 4 is 5.97 Å². The molecule has 0 fully saturated rings. The number of rotatable bonds is 7. The molecule has 0 radical (unpaired) electrons. The molecule has 34 heavy (non-hydrogen) atoms. The molecule has 1 aliphatic heterocycles. The number of unbranched alkanes of at least 4 members (excludes halogenated alkanes) is 1. The quantitative estimate of drug-likeness (QED) is 0.283. The number of fused-ring (bicyclic) bond motifs is 1. The summed E-state index contributed by atoms with van der Waals surface area (Å²) in [5.74, 6) is 0.675. The number of benzene rings is 3. The van der Waals surface area contributed by atoms with Gasteiger partial charge in [-0.1, -0.05) is 49.2 Å². The van der Waals surface area contributed by atoms with Gasteiger partial charge in [0.2, 0.25) is 5.88 Å². The fourth-order valence-electron chi connectivity index (χ4n) is 3.79. The molecule has 1 heterocycles. The average Bonchev–Trinajstić information content (AvgIpc) is 2.84. The third kappa shape index (κ3) is 4.89. The summed E-state index contributed by atoms with van der Waals surface area (Å²) >= 11 is 0. The van der Waals surface area contributed by atoms with Gasteiger partial charge in [-0.2, -0.15) is 5.26 Å². The Kier molecular flexibility index (Phi) is 6.84. The molecule has 2 N–H and O–H groups in total. The Labute approximate surface area is 199 Å². The Morgan fingerprint density at radius 2 is 1.76 bits per heavy atom. The molecule has 6 nitrogen and oxygen atoms in total. The van der Waals surface area contributed by atoms with Crippen LogP contribution in [0.5, 0.6) is 17.2 Å². The molecular formula is C28H26N2O4. The van der Waals surface area contributed by atoms with Crippen LogP contribution < -0.4 is 19.9 Å². The second-order valence-electron chi connectivity index (χ2n) is 8.15. The lowest BCUT2D eigenvalue weighted by molar-refractivity contribution is 0.0734. The number of nitrogens with zero attached hydrogens (tertiary/aromatic N) is 1. The van der Waals surface area contributed by atoms with Crippen LogP contribution in [-0.4, -0.2) is 12.6 Å². The molecule has 0 aliphatic carbocycles. The molecule has 0 amide bonds. The number of hydrogen-bond donors (Lipinski definition) is 1. The van der Waals surface area contributed by atoms with Crippen LogP contribution in [0, 0.1) is 18.3 Å². The molecule has 0 bridgehead atoms. The van der Waals surface area contributed by atoms with Crippen molar-refractivity contribution < 1.29 is 19.0 Å². The molecule has 3 aromatic carbocycles. The third-order valence-corrected chi connectivity index (χ3v) is 5.67. The molecule has 0 aromatic heterocycles. The van der Waals surface area contributed by atoms with E-state index in [-0.39, 0.29) is 11.8 Å². The molecule has 1 unspecified atom stereocenters. The van der Waals surface area contributed by atoms with Gasteiger partial charge in [-0.25, -0.2) is 4.79 Å². The molecule has 172 valence electrons. The van der Waals surface area contributed by atoms with Gasteiger partial charge in [-0.15, -0.1) is 0 Å². The van der Waals surface area contributed by atoms with Crippen molar-refractivity contribution in [1.82, 2.24) is 0 Å². The highest BCUT2D eigenvalue weighted by Gasteiger charge is 2.31. The largest absolute Gasteiger partial charge is 0.494 e. The molecule has 0 saturated carbocycles. The minimum Gasteiger partial charge on any atom is -0.494 e. The van der Waals surface area contributed by atoms with Crippen molar-refractivity contribution in [2.45, 2.75) is 32.6 Å². The zero-order chi connectivity index (χ0) is 24.1. The first-order valence-corrected chi connectivity index (χ1v) is 11.2. The van der Waals surface area contributed by atoms with Crippen molar-refractivity contribution in [3.63, 3.8) is 0 Å². The van der Waals surface area contributed by atoms with Gasteiger partial charge in [0.15, 0.2) is 0 Å². The summed E-state index contributed by atoms with van der Waals surface area (Å²) in [6.45, 7) is 4.75. The maximum Gasteiger partial charge on any atom is 0.343 e. The standard InChI is InChI=1S/C28H26N2O4/c1-3-4-15-32-21-11-9-20(10-12-21)28(31)33-22-13-14-23-25(16-22)34-27(30)24(17-29)26(23)19-7-5-18(2)6-8-19/h5-14,16,26H,3-4,15,30H2,1-2H3. The maximum atomic E-state index is 12.7. The number of nitrogens with two attached hydrogens (primary N) is 1. The topological polar surface area (TPSA) is 94.6 Å². The molecule has 1 atom stereocenters. The number of aryl methyl sites for hydroxylation is 1. The first-order chi connectivity index (χ1) is 16.5. The van der Waals surface area contributed by atoms with Crippen LogP contribution in [0.1, 0.15) is 52.7 Å². The van der Waals surface area contributed by atoms with Gasteiger partial charge >= 0.3 is 5.97 Å². The van der Waals surface area contributed by atoms with Crippen molar-refractivity contribution in [3.8, 4) is 23.3 Å². The lowest BCUT2D eigenvalue weighted by Crippen LogP contribution is -2.21. The lowest BCUT2D eigenvalue weighted by atomic mass is 9.83. The second kappa shape index (κ2) is 10.1. The van der Waals surface area contributed by atoms with Crippen LogP contribution in [0.2, 0.25) is 0 Å². The van der Waals surface area contributed by atoms with E-state index in [4.69, 9.17) is 19.9 Å². The Morgan fingerprint density at radius 3 is 2.44 bits per heavy atom. The van der Waals surface area contributed by atoms with Gasteiger partial charge in [0.05, 0.1) is 18.1 Å². The monoisotopic (exact) mass is 454 g/mol. The molecular weight excluding hydrogens is 428 g/mol. The van der Waals surface area contributed by atoms with Gasteiger partial charge in [-0.3, -0.25) is 0 Å². The predicted octanol–water partition coefficient (Wildman–Crippen LogP) is 5.61.